The third kappa shape index (κ3) is 4.20. The van der Waals surface area contributed by atoms with Gasteiger partial charge in [-0.2, -0.15) is 0 Å². The number of rotatable bonds is 6. The normalized spacial score (nSPS) is 11.3. The Morgan fingerprint density at radius 1 is 1.14 bits per heavy atom. The summed E-state index contributed by atoms with van der Waals surface area (Å²) in [7, 11) is 1.58. The molecule has 0 saturated carbocycles. The van der Waals surface area contributed by atoms with Gasteiger partial charge in [-0.25, -0.2) is 0 Å². The lowest BCUT2D eigenvalue weighted by molar-refractivity contribution is 0.102. The van der Waals surface area contributed by atoms with Crippen LogP contribution in [0.15, 0.2) is 54.1 Å². The zero-order valence-corrected chi connectivity index (χ0v) is 13.0. The number of halogens is 1. The number of methoxy groups -OCH3 is 1. The zero-order chi connectivity index (χ0) is 15.9. The Balaban J connectivity index is 2.29. The van der Waals surface area contributed by atoms with Gasteiger partial charge in [0.05, 0.1) is 7.11 Å². The molecular weight excluding hydrogens is 300 g/mol. The van der Waals surface area contributed by atoms with Crippen molar-refractivity contribution >= 4 is 23.5 Å². The van der Waals surface area contributed by atoms with E-state index in [0.717, 1.165) is 5.56 Å². The van der Waals surface area contributed by atoms with Crippen LogP contribution in [-0.4, -0.2) is 24.6 Å². The SMILES string of the molecule is COc1ccc(C(=O)/C(=C\c2ccc(Cl)cc2)CCO)cc1. The first-order valence-electron chi connectivity index (χ1n) is 6.90. The molecule has 0 aliphatic carbocycles. The Morgan fingerprint density at radius 2 is 1.77 bits per heavy atom. The molecule has 0 saturated heterocycles. The van der Waals surface area contributed by atoms with Gasteiger partial charge in [0.2, 0.25) is 0 Å². The quantitative estimate of drug-likeness (QED) is 0.647. The van der Waals surface area contributed by atoms with Crippen LogP contribution >= 0.6 is 11.6 Å². The summed E-state index contributed by atoms with van der Waals surface area (Å²) in [4.78, 5) is 12.6. The van der Waals surface area contributed by atoms with Gasteiger partial charge >= 0.3 is 0 Å². The van der Waals surface area contributed by atoms with Crippen LogP contribution in [0.2, 0.25) is 5.02 Å². The number of carbonyl (C=O) groups is 1. The molecule has 1 N–H and O–H groups in total. The zero-order valence-electron chi connectivity index (χ0n) is 12.3. The van der Waals surface area contributed by atoms with Crippen LogP contribution in [0.1, 0.15) is 22.3 Å². The second-order valence-corrected chi connectivity index (χ2v) is 5.19. The highest BCUT2D eigenvalue weighted by atomic mass is 35.5. The van der Waals surface area contributed by atoms with Gasteiger partial charge in [-0.15, -0.1) is 0 Å². The fourth-order valence-electron chi connectivity index (χ4n) is 2.06. The second-order valence-electron chi connectivity index (χ2n) is 4.75. The molecule has 114 valence electrons. The van der Waals surface area contributed by atoms with Crippen molar-refractivity contribution in [3.05, 3.63) is 70.3 Å². The number of aliphatic hydroxyl groups is 1. The lowest BCUT2D eigenvalue weighted by atomic mass is 9.98. The third-order valence-electron chi connectivity index (χ3n) is 3.24. The van der Waals surface area contributed by atoms with Crippen LogP contribution in [-0.2, 0) is 0 Å². The van der Waals surface area contributed by atoms with Crippen molar-refractivity contribution in [3.8, 4) is 5.75 Å². The third-order valence-corrected chi connectivity index (χ3v) is 3.49. The molecule has 4 heteroatoms. The second kappa shape index (κ2) is 7.78. The molecule has 0 aromatic heterocycles. The van der Waals surface area contributed by atoms with Crippen LogP contribution in [0.3, 0.4) is 0 Å². The number of hydrogen-bond acceptors (Lipinski definition) is 3. The molecule has 0 aliphatic heterocycles. The predicted molar refractivity (Wildman–Crippen MR) is 88.5 cm³/mol. The van der Waals surface area contributed by atoms with Gasteiger partial charge in [0.25, 0.3) is 0 Å². The molecule has 0 atom stereocenters. The van der Waals surface area contributed by atoms with E-state index in [4.69, 9.17) is 16.3 Å². The number of carbonyl (C=O) groups excluding carboxylic acids is 1. The predicted octanol–water partition coefficient (Wildman–Crippen LogP) is 4.00. The molecule has 0 aliphatic rings. The fraction of sp³-hybridized carbons (Fsp3) is 0.167. The van der Waals surface area contributed by atoms with Gasteiger partial charge in [0.15, 0.2) is 5.78 Å². The molecule has 3 nitrogen and oxygen atoms in total. The standard InChI is InChI=1S/C18H17ClO3/c1-22-17-8-4-14(5-9-17)18(21)15(10-11-20)12-13-2-6-16(19)7-3-13/h2-9,12,20H,10-11H2,1H3/b15-12-. The van der Waals surface area contributed by atoms with Crippen LogP contribution in [0.25, 0.3) is 6.08 Å². The Morgan fingerprint density at radius 3 is 2.32 bits per heavy atom. The molecule has 2 aromatic carbocycles. The Labute approximate surface area is 134 Å². The first-order valence-corrected chi connectivity index (χ1v) is 7.27. The molecule has 2 aromatic rings. The summed E-state index contributed by atoms with van der Waals surface area (Å²) in [6, 6.07) is 14.1. The summed E-state index contributed by atoms with van der Waals surface area (Å²) in [6.07, 6.45) is 2.08. The van der Waals surface area contributed by atoms with Crippen LogP contribution in [0.4, 0.5) is 0 Å². The maximum atomic E-state index is 12.6. The van der Waals surface area contributed by atoms with Gasteiger partial charge in [-0.05, 0) is 54.5 Å². The molecule has 0 bridgehead atoms. The molecular formula is C18H17ClO3. The average molecular weight is 317 g/mol. The van der Waals surface area contributed by atoms with Crippen molar-refractivity contribution in [1.82, 2.24) is 0 Å². The molecule has 0 fully saturated rings. The summed E-state index contributed by atoms with van der Waals surface area (Å²) in [5.74, 6) is 0.591. The van der Waals surface area contributed by atoms with Crippen molar-refractivity contribution in [1.29, 1.82) is 0 Å². The topological polar surface area (TPSA) is 46.5 Å². The van der Waals surface area contributed by atoms with E-state index >= 15 is 0 Å². The van der Waals surface area contributed by atoms with Gasteiger partial charge in [0.1, 0.15) is 5.75 Å². The van der Waals surface area contributed by atoms with E-state index < -0.39 is 0 Å². The number of aliphatic hydroxyl groups excluding tert-OH is 1. The van der Waals surface area contributed by atoms with E-state index in [9.17, 15) is 9.90 Å². The summed E-state index contributed by atoms with van der Waals surface area (Å²) in [5.41, 5.74) is 1.99. The highest BCUT2D eigenvalue weighted by molar-refractivity contribution is 6.30. The minimum atomic E-state index is -0.105. The summed E-state index contributed by atoms with van der Waals surface area (Å²) in [6.45, 7) is -0.0820. The minimum Gasteiger partial charge on any atom is -0.497 e. The molecule has 0 amide bonds. The molecule has 0 unspecified atom stereocenters. The first-order chi connectivity index (χ1) is 10.6. The number of hydrogen-bond donors (Lipinski definition) is 1. The highest BCUT2D eigenvalue weighted by Crippen LogP contribution is 2.19. The van der Waals surface area contributed by atoms with Crippen molar-refractivity contribution in [2.45, 2.75) is 6.42 Å². The van der Waals surface area contributed by atoms with Crippen LogP contribution < -0.4 is 4.74 Å². The van der Waals surface area contributed by atoms with Gasteiger partial charge < -0.3 is 9.84 Å². The lowest BCUT2D eigenvalue weighted by Gasteiger charge is -2.07. The molecule has 0 heterocycles. The van der Waals surface area contributed by atoms with E-state index in [2.05, 4.69) is 0 Å². The van der Waals surface area contributed by atoms with Gasteiger partial charge in [-0.3, -0.25) is 4.79 Å². The molecule has 0 spiro atoms. The van der Waals surface area contributed by atoms with E-state index in [1.54, 1.807) is 49.6 Å². The van der Waals surface area contributed by atoms with Crippen molar-refractivity contribution < 1.29 is 14.6 Å². The van der Waals surface area contributed by atoms with E-state index in [1.807, 2.05) is 12.1 Å². The minimum absolute atomic E-state index is 0.0820. The largest absolute Gasteiger partial charge is 0.497 e. The number of Topliss-reactive ketones (excluding diaryl/α,β-unsaturated/α-hetero) is 1. The van der Waals surface area contributed by atoms with Crippen molar-refractivity contribution in [2.75, 3.05) is 13.7 Å². The monoisotopic (exact) mass is 316 g/mol. The maximum Gasteiger partial charge on any atom is 0.189 e. The van der Waals surface area contributed by atoms with Crippen LogP contribution in [0.5, 0.6) is 5.75 Å². The molecule has 2 rings (SSSR count). The number of ketones is 1. The maximum absolute atomic E-state index is 12.6. The highest BCUT2D eigenvalue weighted by Gasteiger charge is 2.12. The van der Waals surface area contributed by atoms with E-state index in [1.165, 1.54) is 0 Å². The van der Waals surface area contributed by atoms with Crippen molar-refractivity contribution in [2.24, 2.45) is 0 Å². The number of benzene rings is 2. The Bertz CT molecular complexity index is 658. The van der Waals surface area contributed by atoms with E-state index in [0.29, 0.717) is 28.3 Å². The Kier molecular flexibility index (Phi) is 5.75. The smallest absolute Gasteiger partial charge is 0.189 e. The van der Waals surface area contributed by atoms with Crippen molar-refractivity contribution in [3.63, 3.8) is 0 Å². The lowest BCUT2D eigenvalue weighted by Crippen LogP contribution is -2.05. The number of ether oxygens (including phenoxy) is 1. The molecule has 22 heavy (non-hydrogen) atoms. The Hall–Kier alpha value is -2.10. The first kappa shape index (κ1) is 16.3. The summed E-state index contributed by atoms with van der Waals surface area (Å²) < 4.78 is 5.09. The fourth-order valence-corrected chi connectivity index (χ4v) is 2.19. The summed E-state index contributed by atoms with van der Waals surface area (Å²) >= 11 is 5.86. The van der Waals surface area contributed by atoms with Gasteiger partial charge in [-0.1, -0.05) is 23.7 Å². The van der Waals surface area contributed by atoms with E-state index in [-0.39, 0.29) is 12.4 Å². The summed E-state index contributed by atoms with van der Waals surface area (Å²) in [5, 5.41) is 9.84. The average Bonchev–Trinajstić information content (AvgIpc) is 2.56. The van der Waals surface area contributed by atoms with Crippen LogP contribution in [0, 0.1) is 0 Å². The molecule has 0 radical (unpaired) electrons. The van der Waals surface area contributed by atoms with Gasteiger partial charge in [0, 0.05) is 22.8 Å².